The molecule has 0 unspecified atom stereocenters. The molecule has 0 bridgehead atoms. The van der Waals surface area contributed by atoms with E-state index in [0.29, 0.717) is 11.8 Å². The average molecular weight is 319 g/mol. The van der Waals surface area contributed by atoms with Crippen molar-refractivity contribution >= 4 is 17.2 Å². The summed E-state index contributed by atoms with van der Waals surface area (Å²) in [6.45, 7) is 4.75. The van der Waals surface area contributed by atoms with Gasteiger partial charge in [0.1, 0.15) is 5.01 Å². The lowest BCUT2D eigenvalue weighted by molar-refractivity contribution is -0.137. The minimum atomic E-state index is 0.326. The van der Waals surface area contributed by atoms with Crippen LogP contribution in [0.15, 0.2) is 5.38 Å². The fraction of sp³-hybridized carbons (Fsp3) is 0.765. The van der Waals surface area contributed by atoms with Crippen LogP contribution >= 0.6 is 11.3 Å². The van der Waals surface area contributed by atoms with Gasteiger partial charge in [-0.15, -0.1) is 11.3 Å². The average Bonchev–Trinajstić information content (AvgIpc) is 3.06. The number of hydrogen-bond donors (Lipinski definition) is 0. The standard InChI is InChI=1S/C17H25N3OS/c21-17(14-3-1-2-4-14)20-9-7-19(8-10-20)11-16-18-15(12-22-16)13-5-6-13/h12-14H,1-11H2. The van der Waals surface area contributed by atoms with Crippen LogP contribution in [0.25, 0.3) is 0 Å². The highest BCUT2D eigenvalue weighted by molar-refractivity contribution is 7.09. The summed E-state index contributed by atoms with van der Waals surface area (Å²) in [5.41, 5.74) is 1.31. The molecular weight excluding hydrogens is 294 g/mol. The van der Waals surface area contributed by atoms with Gasteiger partial charge in [-0.1, -0.05) is 12.8 Å². The van der Waals surface area contributed by atoms with E-state index in [9.17, 15) is 4.79 Å². The lowest BCUT2D eigenvalue weighted by Crippen LogP contribution is -2.49. The Hall–Kier alpha value is -0.940. The Bertz CT molecular complexity index is 526. The molecule has 0 atom stereocenters. The molecule has 120 valence electrons. The van der Waals surface area contributed by atoms with Crippen molar-refractivity contribution in [3.63, 3.8) is 0 Å². The van der Waals surface area contributed by atoms with E-state index in [1.54, 1.807) is 11.3 Å². The Labute approximate surface area is 136 Å². The van der Waals surface area contributed by atoms with E-state index in [1.165, 1.54) is 36.4 Å². The molecule has 0 spiro atoms. The second-order valence-corrected chi connectivity index (χ2v) is 7.97. The van der Waals surface area contributed by atoms with Gasteiger partial charge >= 0.3 is 0 Å². The highest BCUT2D eigenvalue weighted by atomic mass is 32.1. The summed E-state index contributed by atoms with van der Waals surface area (Å²) in [5, 5.41) is 3.49. The van der Waals surface area contributed by atoms with Gasteiger partial charge in [-0.25, -0.2) is 4.98 Å². The highest BCUT2D eigenvalue weighted by Crippen LogP contribution is 2.40. The molecule has 0 N–H and O–H groups in total. The third-order valence-corrected chi connectivity index (χ3v) is 6.16. The van der Waals surface area contributed by atoms with Gasteiger partial charge in [-0.2, -0.15) is 0 Å². The zero-order valence-electron chi connectivity index (χ0n) is 13.2. The van der Waals surface area contributed by atoms with E-state index in [0.717, 1.165) is 51.5 Å². The fourth-order valence-corrected chi connectivity index (χ4v) is 4.63. The largest absolute Gasteiger partial charge is 0.340 e. The normalized spacial score (nSPS) is 24.1. The molecule has 1 saturated heterocycles. The third-order valence-electron chi connectivity index (χ3n) is 5.31. The first kappa shape index (κ1) is 14.6. The SMILES string of the molecule is O=C(C1CCCC1)N1CCN(Cc2nc(C3CC3)cs2)CC1. The van der Waals surface area contributed by atoms with Gasteiger partial charge in [0, 0.05) is 43.4 Å². The monoisotopic (exact) mass is 319 g/mol. The maximum Gasteiger partial charge on any atom is 0.225 e. The molecule has 2 saturated carbocycles. The first-order chi connectivity index (χ1) is 10.8. The van der Waals surface area contributed by atoms with E-state index in [4.69, 9.17) is 4.98 Å². The summed E-state index contributed by atoms with van der Waals surface area (Å²) in [5.74, 6) is 1.50. The van der Waals surface area contributed by atoms with E-state index in [2.05, 4.69) is 15.2 Å². The minimum Gasteiger partial charge on any atom is -0.340 e. The number of carbonyl (C=O) groups excluding carboxylic acids is 1. The lowest BCUT2D eigenvalue weighted by atomic mass is 10.1. The quantitative estimate of drug-likeness (QED) is 0.856. The summed E-state index contributed by atoms with van der Waals surface area (Å²) in [6.07, 6.45) is 7.36. The van der Waals surface area contributed by atoms with Crippen molar-refractivity contribution in [2.75, 3.05) is 26.2 Å². The van der Waals surface area contributed by atoms with Crippen LogP contribution in [0.4, 0.5) is 0 Å². The number of carbonyl (C=O) groups is 1. The predicted molar refractivity (Wildman–Crippen MR) is 87.9 cm³/mol. The van der Waals surface area contributed by atoms with Crippen LogP contribution in [0.5, 0.6) is 0 Å². The molecule has 0 radical (unpaired) electrons. The van der Waals surface area contributed by atoms with Gasteiger partial charge in [-0.3, -0.25) is 9.69 Å². The molecule has 4 rings (SSSR count). The molecular formula is C17H25N3OS. The number of piperazine rings is 1. The van der Waals surface area contributed by atoms with Crippen molar-refractivity contribution < 1.29 is 4.79 Å². The van der Waals surface area contributed by atoms with Crippen LogP contribution in [0.3, 0.4) is 0 Å². The van der Waals surface area contributed by atoms with Crippen LogP contribution in [-0.2, 0) is 11.3 Å². The Morgan fingerprint density at radius 3 is 2.55 bits per heavy atom. The fourth-order valence-electron chi connectivity index (χ4n) is 3.71. The van der Waals surface area contributed by atoms with E-state index in [-0.39, 0.29) is 0 Å². The Morgan fingerprint density at radius 1 is 1.14 bits per heavy atom. The van der Waals surface area contributed by atoms with Gasteiger partial charge in [0.2, 0.25) is 5.91 Å². The van der Waals surface area contributed by atoms with Crippen LogP contribution in [-0.4, -0.2) is 46.9 Å². The summed E-state index contributed by atoms with van der Waals surface area (Å²) in [7, 11) is 0. The molecule has 3 aliphatic rings. The molecule has 1 aliphatic heterocycles. The second kappa shape index (κ2) is 6.28. The van der Waals surface area contributed by atoms with E-state index < -0.39 is 0 Å². The number of nitrogens with zero attached hydrogens (tertiary/aromatic N) is 3. The van der Waals surface area contributed by atoms with Gasteiger partial charge in [0.15, 0.2) is 0 Å². The van der Waals surface area contributed by atoms with E-state index in [1.807, 2.05) is 0 Å². The summed E-state index contributed by atoms with van der Waals surface area (Å²) in [6, 6.07) is 0. The Balaban J connectivity index is 1.26. The number of aromatic nitrogens is 1. The molecule has 1 amide bonds. The molecule has 0 aromatic carbocycles. The minimum absolute atomic E-state index is 0.326. The van der Waals surface area contributed by atoms with E-state index >= 15 is 0 Å². The van der Waals surface area contributed by atoms with Crippen molar-refractivity contribution in [1.29, 1.82) is 0 Å². The lowest BCUT2D eigenvalue weighted by Gasteiger charge is -2.35. The predicted octanol–water partition coefficient (Wildman–Crippen LogP) is 2.85. The number of amides is 1. The molecule has 5 heteroatoms. The van der Waals surface area contributed by atoms with Crippen molar-refractivity contribution in [3.05, 3.63) is 16.1 Å². The summed E-state index contributed by atoms with van der Waals surface area (Å²) in [4.78, 5) is 21.8. The van der Waals surface area contributed by atoms with Crippen molar-refractivity contribution in [1.82, 2.24) is 14.8 Å². The first-order valence-corrected chi connectivity index (χ1v) is 9.63. The smallest absolute Gasteiger partial charge is 0.225 e. The third kappa shape index (κ3) is 3.20. The summed E-state index contributed by atoms with van der Waals surface area (Å²) < 4.78 is 0. The molecule has 4 nitrogen and oxygen atoms in total. The van der Waals surface area contributed by atoms with Gasteiger partial charge in [0.25, 0.3) is 0 Å². The number of thiazole rings is 1. The maximum absolute atomic E-state index is 12.4. The molecule has 2 aliphatic carbocycles. The van der Waals surface area contributed by atoms with Gasteiger partial charge in [-0.05, 0) is 25.7 Å². The molecule has 3 fully saturated rings. The van der Waals surface area contributed by atoms with Crippen molar-refractivity contribution in [2.24, 2.45) is 5.92 Å². The maximum atomic E-state index is 12.4. The van der Waals surface area contributed by atoms with Gasteiger partial charge in [0.05, 0.1) is 12.2 Å². The highest BCUT2D eigenvalue weighted by Gasteiger charge is 2.30. The zero-order valence-corrected chi connectivity index (χ0v) is 14.0. The molecule has 1 aromatic rings. The zero-order chi connectivity index (χ0) is 14.9. The van der Waals surface area contributed by atoms with Crippen molar-refractivity contribution in [3.8, 4) is 0 Å². The Kier molecular flexibility index (Phi) is 4.18. The summed E-state index contributed by atoms with van der Waals surface area (Å²) >= 11 is 1.81. The van der Waals surface area contributed by atoms with Crippen molar-refractivity contribution in [2.45, 2.75) is 51.0 Å². The molecule has 2 heterocycles. The van der Waals surface area contributed by atoms with Crippen LogP contribution < -0.4 is 0 Å². The number of rotatable bonds is 4. The van der Waals surface area contributed by atoms with Gasteiger partial charge < -0.3 is 4.90 Å². The number of hydrogen-bond acceptors (Lipinski definition) is 4. The Morgan fingerprint density at radius 2 is 1.86 bits per heavy atom. The second-order valence-electron chi connectivity index (χ2n) is 7.02. The van der Waals surface area contributed by atoms with Crippen LogP contribution in [0.1, 0.15) is 55.1 Å². The first-order valence-electron chi connectivity index (χ1n) is 8.75. The van der Waals surface area contributed by atoms with Crippen LogP contribution in [0.2, 0.25) is 0 Å². The molecule has 1 aromatic heterocycles. The topological polar surface area (TPSA) is 36.4 Å². The molecule has 22 heavy (non-hydrogen) atoms. The van der Waals surface area contributed by atoms with Crippen LogP contribution in [0, 0.1) is 5.92 Å².